The number of hydrogen-bond donors (Lipinski definition) is 2. The van der Waals surface area contributed by atoms with Crippen LogP contribution in [0.15, 0.2) is 12.1 Å². The number of fused-ring (bicyclic) bond motifs is 2. The molecule has 90 valence electrons. The van der Waals surface area contributed by atoms with Crippen molar-refractivity contribution in [3.63, 3.8) is 0 Å². The molecule has 17 heavy (non-hydrogen) atoms. The van der Waals surface area contributed by atoms with Gasteiger partial charge in [0.05, 0.1) is 0 Å². The van der Waals surface area contributed by atoms with E-state index in [0.717, 1.165) is 36.8 Å². The van der Waals surface area contributed by atoms with Crippen molar-refractivity contribution in [2.24, 2.45) is 0 Å². The zero-order valence-corrected chi connectivity index (χ0v) is 9.70. The van der Waals surface area contributed by atoms with E-state index in [9.17, 15) is 15.0 Å². The summed E-state index contributed by atoms with van der Waals surface area (Å²) in [7, 11) is 0. The van der Waals surface area contributed by atoms with Gasteiger partial charge in [-0.15, -0.1) is 0 Å². The molecule has 0 unspecified atom stereocenters. The Kier molecular flexibility index (Phi) is 2.18. The van der Waals surface area contributed by atoms with Gasteiger partial charge in [-0.3, -0.25) is 4.79 Å². The van der Waals surface area contributed by atoms with Gasteiger partial charge in [0.25, 0.3) is 0 Å². The number of carbonyl (C=O) groups excluding carboxylic acids is 1. The lowest BCUT2D eigenvalue weighted by atomic mass is 9.69. The van der Waals surface area contributed by atoms with Crippen molar-refractivity contribution in [2.45, 2.75) is 43.9 Å². The standard InChI is InChI=1S/C14H16O3/c15-10-2-1-4-14(8-10)5-3-9-6-11(16)7-12(17)13(9)14/h6-7,16-17H,1-5,8H2/t14-/m1/s1. The molecule has 0 heterocycles. The fourth-order valence-electron chi connectivity index (χ4n) is 3.58. The minimum atomic E-state index is -0.150. The van der Waals surface area contributed by atoms with E-state index in [0.29, 0.717) is 18.6 Å². The number of phenols is 2. The maximum Gasteiger partial charge on any atom is 0.133 e. The van der Waals surface area contributed by atoms with Gasteiger partial charge in [-0.1, -0.05) is 0 Å². The minimum absolute atomic E-state index is 0.112. The third-order valence-electron chi connectivity index (χ3n) is 4.23. The van der Waals surface area contributed by atoms with Crippen LogP contribution in [0.4, 0.5) is 0 Å². The van der Waals surface area contributed by atoms with Crippen LogP contribution >= 0.6 is 0 Å². The molecule has 2 aliphatic carbocycles. The maximum absolute atomic E-state index is 11.7. The average Bonchev–Trinajstić information content (AvgIpc) is 2.57. The number of aromatic hydroxyl groups is 2. The highest BCUT2D eigenvalue weighted by Crippen LogP contribution is 2.51. The van der Waals surface area contributed by atoms with E-state index in [1.54, 1.807) is 6.07 Å². The molecule has 3 rings (SSSR count). The number of Topliss-reactive ketones (excluding diaryl/α,β-unsaturated/α-hetero) is 1. The molecule has 2 N–H and O–H groups in total. The molecule has 0 aromatic heterocycles. The van der Waals surface area contributed by atoms with Crippen molar-refractivity contribution in [3.8, 4) is 11.5 Å². The largest absolute Gasteiger partial charge is 0.508 e. The van der Waals surface area contributed by atoms with E-state index in [1.165, 1.54) is 6.07 Å². The second-order valence-electron chi connectivity index (χ2n) is 5.35. The number of hydrogen-bond acceptors (Lipinski definition) is 3. The molecular weight excluding hydrogens is 216 g/mol. The van der Waals surface area contributed by atoms with Crippen molar-refractivity contribution in [3.05, 3.63) is 23.3 Å². The van der Waals surface area contributed by atoms with Gasteiger partial charge in [0, 0.05) is 29.9 Å². The van der Waals surface area contributed by atoms with E-state index in [1.807, 2.05) is 0 Å². The molecular formula is C14H16O3. The summed E-state index contributed by atoms with van der Waals surface area (Å²) in [6.45, 7) is 0. The number of phenolic OH excluding ortho intramolecular Hbond substituents is 2. The third-order valence-corrected chi connectivity index (χ3v) is 4.23. The maximum atomic E-state index is 11.7. The second-order valence-corrected chi connectivity index (χ2v) is 5.35. The normalized spacial score (nSPS) is 27.4. The van der Waals surface area contributed by atoms with Gasteiger partial charge in [0.1, 0.15) is 17.3 Å². The monoisotopic (exact) mass is 232 g/mol. The molecule has 0 amide bonds. The highest BCUT2D eigenvalue weighted by molar-refractivity contribution is 5.81. The summed E-state index contributed by atoms with van der Waals surface area (Å²) < 4.78 is 0. The van der Waals surface area contributed by atoms with Crippen molar-refractivity contribution in [1.29, 1.82) is 0 Å². The molecule has 0 saturated heterocycles. The van der Waals surface area contributed by atoms with E-state index in [4.69, 9.17) is 0 Å². The molecule has 3 nitrogen and oxygen atoms in total. The van der Waals surface area contributed by atoms with Gasteiger partial charge in [-0.2, -0.15) is 0 Å². The molecule has 1 aromatic rings. The summed E-state index contributed by atoms with van der Waals surface area (Å²) in [5.41, 5.74) is 1.78. The Morgan fingerprint density at radius 2 is 1.94 bits per heavy atom. The lowest BCUT2D eigenvalue weighted by Gasteiger charge is -2.33. The summed E-state index contributed by atoms with van der Waals surface area (Å²) in [6, 6.07) is 3.12. The van der Waals surface area contributed by atoms with Gasteiger partial charge in [-0.25, -0.2) is 0 Å². The first-order valence-corrected chi connectivity index (χ1v) is 6.18. The van der Waals surface area contributed by atoms with Crippen LogP contribution in [0.1, 0.15) is 43.2 Å². The topological polar surface area (TPSA) is 57.5 Å². The predicted molar refractivity (Wildman–Crippen MR) is 63.2 cm³/mol. The second kappa shape index (κ2) is 3.49. The fourth-order valence-corrected chi connectivity index (χ4v) is 3.58. The molecule has 1 spiro atoms. The lowest BCUT2D eigenvalue weighted by molar-refractivity contribution is -0.122. The van der Waals surface area contributed by atoms with Crippen LogP contribution in [-0.2, 0) is 16.6 Å². The highest BCUT2D eigenvalue weighted by Gasteiger charge is 2.44. The van der Waals surface area contributed by atoms with Crippen LogP contribution in [0, 0.1) is 0 Å². The molecule has 1 fully saturated rings. The zero-order valence-electron chi connectivity index (χ0n) is 9.70. The summed E-state index contributed by atoms with van der Waals surface area (Å²) in [4.78, 5) is 11.7. The van der Waals surface area contributed by atoms with Crippen LogP contribution in [-0.4, -0.2) is 16.0 Å². The number of benzene rings is 1. The first-order valence-electron chi connectivity index (χ1n) is 6.18. The first kappa shape index (κ1) is 10.6. The molecule has 0 aliphatic heterocycles. The zero-order chi connectivity index (χ0) is 12.0. The first-order chi connectivity index (χ1) is 8.11. The quantitative estimate of drug-likeness (QED) is 0.722. The van der Waals surface area contributed by atoms with E-state index in [2.05, 4.69) is 0 Å². The number of carbonyl (C=O) groups is 1. The van der Waals surface area contributed by atoms with Crippen molar-refractivity contribution in [1.82, 2.24) is 0 Å². The Morgan fingerprint density at radius 1 is 1.12 bits per heavy atom. The molecule has 1 saturated carbocycles. The van der Waals surface area contributed by atoms with Gasteiger partial charge in [-0.05, 0) is 37.3 Å². The smallest absolute Gasteiger partial charge is 0.133 e. The van der Waals surface area contributed by atoms with Crippen LogP contribution in [0.5, 0.6) is 11.5 Å². The number of rotatable bonds is 0. The summed E-state index contributed by atoms with van der Waals surface area (Å²) in [6.07, 6.45) is 4.90. The Labute approximate surface area is 100 Å². The van der Waals surface area contributed by atoms with Crippen LogP contribution < -0.4 is 0 Å². The molecule has 1 aromatic carbocycles. The Bertz CT molecular complexity index is 492. The van der Waals surface area contributed by atoms with Gasteiger partial charge in [0.2, 0.25) is 0 Å². The molecule has 0 radical (unpaired) electrons. The van der Waals surface area contributed by atoms with E-state index in [-0.39, 0.29) is 16.9 Å². The molecule has 1 atom stereocenters. The molecule has 2 aliphatic rings. The third kappa shape index (κ3) is 1.53. The molecule has 0 bridgehead atoms. The molecule has 3 heteroatoms. The number of ketones is 1. The minimum Gasteiger partial charge on any atom is -0.508 e. The van der Waals surface area contributed by atoms with E-state index >= 15 is 0 Å². The van der Waals surface area contributed by atoms with Crippen molar-refractivity contribution < 1.29 is 15.0 Å². The summed E-state index contributed by atoms with van der Waals surface area (Å²) in [5.74, 6) is 0.573. The van der Waals surface area contributed by atoms with Crippen LogP contribution in [0.3, 0.4) is 0 Å². The van der Waals surface area contributed by atoms with Gasteiger partial charge in [0.15, 0.2) is 0 Å². The van der Waals surface area contributed by atoms with Crippen molar-refractivity contribution in [2.75, 3.05) is 0 Å². The predicted octanol–water partition coefficient (Wildman–Crippen LogP) is 2.42. The van der Waals surface area contributed by atoms with Gasteiger partial charge >= 0.3 is 0 Å². The lowest BCUT2D eigenvalue weighted by Crippen LogP contribution is -2.30. The van der Waals surface area contributed by atoms with Crippen molar-refractivity contribution >= 4 is 5.78 Å². The SMILES string of the molecule is O=C1CCC[C@@]2(CCc3cc(O)cc(O)c32)C1. The summed E-state index contributed by atoms with van der Waals surface area (Å²) >= 11 is 0. The van der Waals surface area contributed by atoms with E-state index < -0.39 is 0 Å². The Morgan fingerprint density at radius 3 is 2.71 bits per heavy atom. The van der Waals surface area contributed by atoms with Gasteiger partial charge < -0.3 is 10.2 Å². The summed E-state index contributed by atoms with van der Waals surface area (Å²) in [5, 5.41) is 19.5. The van der Waals surface area contributed by atoms with Crippen LogP contribution in [0.2, 0.25) is 0 Å². The number of aryl methyl sites for hydroxylation is 1. The highest BCUT2D eigenvalue weighted by atomic mass is 16.3. The average molecular weight is 232 g/mol. The fraction of sp³-hybridized carbons (Fsp3) is 0.500. The Balaban J connectivity index is 2.11. The van der Waals surface area contributed by atoms with Crippen LogP contribution in [0.25, 0.3) is 0 Å². The Hall–Kier alpha value is -1.51.